The summed E-state index contributed by atoms with van der Waals surface area (Å²) in [7, 11) is 0. The fourth-order valence-electron chi connectivity index (χ4n) is 2.44. The fraction of sp³-hybridized carbons (Fsp3) is 0.417. The molecule has 15 heavy (non-hydrogen) atoms. The zero-order valence-electron chi connectivity index (χ0n) is 8.57. The minimum absolute atomic E-state index is 0.274. The van der Waals surface area contributed by atoms with Gasteiger partial charge in [-0.1, -0.05) is 18.2 Å². The minimum atomic E-state index is 0.274. The van der Waals surface area contributed by atoms with Gasteiger partial charge >= 0.3 is 0 Å². The van der Waals surface area contributed by atoms with E-state index >= 15 is 0 Å². The number of nitrogens with zero attached hydrogens (tertiary/aromatic N) is 1. The number of para-hydroxylation sites is 1. The summed E-state index contributed by atoms with van der Waals surface area (Å²) in [6.07, 6.45) is 2.02. The van der Waals surface area contributed by atoms with E-state index in [9.17, 15) is 0 Å². The Morgan fingerprint density at radius 2 is 2.20 bits per heavy atom. The summed E-state index contributed by atoms with van der Waals surface area (Å²) in [5, 5.41) is 7.88. The highest BCUT2D eigenvalue weighted by molar-refractivity contribution is 5.81. The van der Waals surface area contributed by atoms with Crippen molar-refractivity contribution in [3.05, 3.63) is 29.8 Å². The van der Waals surface area contributed by atoms with E-state index in [4.69, 9.17) is 10.1 Å². The van der Waals surface area contributed by atoms with Gasteiger partial charge in [-0.15, -0.1) is 0 Å². The summed E-state index contributed by atoms with van der Waals surface area (Å²) in [5.41, 5.74) is 1.24. The normalized spacial score (nSPS) is 24.1. The number of fused-ring (bicyclic) bond motifs is 1. The molecular formula is C12H14N2O. The Morgan fingerprint density at radius 3 is 3.00 bits per heavy atom. The van der Waals surface area contributed by atoms with E-state index < -0.39 is 0 Å². The number of ether oxygens (including phenoxy) is 1. The monoisotopic (exact) mass is 202 g/mol. The molecule has 0 spiro atoms. The molecule has 0 amide bonds. The lowest BCUT2D eigenvalue weighted by Crippen LogP contribution is -2.30. The Morgan fingerprint density at radius 1 is 1.33 bits per heavy atom. The van der Waals surface area contributed by atoms with Crippen LogP contribution in [0.4, 0.5) is 0 Å². The number of rotatable bonds is 1. The third-order valence-electron chi connectivity index (χ3n) is 3.21. The molecule has 1 unspecified atom stereocenters. The lowest BCUT2D eigenvalue weighted by atomic mass is 10.1. The average Bonchev–Trinajstić information content (AvgIpc) is 2.83. The molecule has 1 N–H and O–H groups in total. The van der Waals surface area contributed by atoms with Gasteiger partial charge in [-0.2, -0.15) is 0 Å². The van der Waals surface area contributed by atoms with Gasteiger partial charge in [0.2, 0.25) is 0 Å². The van der Waals surface area contributed by atoms with Crippen LogP contribution in [0.3, 0.4) is 0 Å². The topological polar surface area (TPSA) is 36.3 Å². The van der Waals surface area contributed by atoms with Gasteiger partial charge in [-0.05, 0) is 12.5 Å². The van der Waals surface area contributed by atoms with Crippen molar-refractivity contribution in [2.45, 2.75) is 18.9 Å². The summed E-state index contributed by atoms with van der Waals surface area (Å²) in [6.45, 7) is 1.70. The molecule has 3 rings (SSSR count). The molecule has 2 aliphatic rings. The van der Waals surface area contributed by atoms with Crippen molar-refractivity contribution in [3.8, 4) is 5.75 Å². The lowest BCUT2D eigenvalue weighted by Gasteiger charge is -2.24. The molecule has 1 atom stereocenters. The summed E-state index contributed by atoms with van der Waals surface area (Å²) in [4.78, 5) is 2.17. The molecule has 1 saturated heterocycles. The number of nitrogens with one attached hydrogen (secondary N) is 1. The first-order valence-corrected chi connectivity index (χ1v) is 5.42. The zero-order valence-corrected chi connectivity index (χ0v) is 8.57. The first-order chi connectivity index (χ1) is 7.36. The molecule has 3 heteroatoms. The van der Waals surface area contributed by atoms with Gasteiger partial charge < -0.3 is 9.64 Å². The van der Waals surface area contributed by atoms with Crippen molar-refractivity contribution in [1.29, 1.82) is 5.41 Å². The third kappa shape index (κ3) is 1.30. The number of hydrogen-bond donors (Lipinski definition) is 1. The second kappa shape index (κ2) is 3.26. The van der Waals surface area contributed by atoms with E-state index in [0.717, 1.165) is 31.0 Å². The zero-order chi connectivity index (χ0) is 10.3. The van der Waals surface area contributed by atoms with Crippen LogP contribution in [0.25, 0.3) is 0 Å². The first kappa shape index (κ1) is 8.77. The second-order valence-corrected chi connectivity index (χ2v) is 4.11. The minimum Gasteiger partial charge on any atom is -0.491 e. The highest BCUT2D eigenvalue weighted by Gasteiger charge is 2.32. The van der Waals surface area contributed by atoms with Gasteiger partial charge in [0.05, 0.1) is 11.9 Å². The number of benzene rings is 1. The van der Waals surface area contributed by atoms with E-state index in [0.29, 0.717) is 6.61 Å². The molecule has 1 fully saturated rings. The van der Waals surface area contributed by atoms with Crippen LogP contribution in [0, 0.1) is 5.41 Å². The molecule has 0 aliphatic carbocycles. The molecule has 0 aromatic heterocycles. The molecule has 1 aromatic rings. The molecule has 2 heterocycles. The van der Waals surface area contributed by atoms with Crippen molar-refractivity contribution < 1.29 is 4.74 Å². The largest absolute Gasteiger partial charge is 0.491 e. The first-order valence-electron chi connectivity index (χ1n) is 5.42. The van der Waals surface area contributed by atoms with Crippen LogP contribution in [0.1, 0.15) is 24.4 Å². The lowest BCUT2D eigenvalue weighted by molar-refractivity contribution is 0.248. The van der Waals surface area contributed by atoms with Crippen LogP contribution >= 0.6 is 0 Å². The van der Waals surface area contributed by atoms with E-state index in [1.807, 2.05) is 18.2 Å². The maximum atomic E-state index is 7.88. The maximum Gasteiger partial charge on any atom is 0.124 e. The van der Waals surface area contributed by atoms with Crippen molar-refractivity contribution in [3.63, 3.8) is 0 Å². The van der Waals surface area contributed by atoms with E-state index in [1.165, 1.54) is 5.56 Å². The van der Waals surface area contributed by atoms with Crippen LogP contribution in [0.2, 0.25) is 0 Å². The van der Waals surface area contributed by atoms with Gasteiger partial charge in [0, 0.05) is 18.5 Å². The highest BCUT2D eigenvalue weighted by atomic mass is 16.5. The van der Waals surface area contributed by atoms with Crippen LogP contribution in [0.15, 0.2) is 24.3 Å². The van der Waals surface area contributed by atoms with Gasteiger partial charge in [0.1, 0.15) is 12.4 Å². The molecule has 0 bridgehead atoms. The Labute approximate surface area is 89.2 Å². The van der Waals surface area contributed by atoms with E-state index in [1.54, 1.807) is 0 Å². The van der Waals surface area contributed by atoms with Crippen molar-refractivity contribution >= 4 is 5.84 Å². The Kier molecular flexibility index (Phi) is 1.91. The van der Waals surface area contributed by atoms with Crippen LogP contribution in [-0.2, 0) is 0 Å². The average molecular weight is 202 g/mol. The fourth-order valence-corrected chi connectivity index (χ4v) is 2.44. The summed E-state index contributed by atoms with van der Waals surface area (Å²) >= 11 is 0. The Balaban J connectivity index is 1.93. The quantitative estimate of drug-likeness (QED) is 0.757. The standard InChI is InChI=1S/C12H14N2O/c13-12-6-3-7-14(12)10-8-15-11-5-2-1-4-9(10)11/h1-2,4-5,10,13H,3,6-8H2. The predicted molar refractivity (Wildman–Crippen MR) is 58.3 cm³/mol. The van der Waals surface area contributed by atoms with E-state index in [-0.39, 0.29) is 6.04 Å². The molecule has 0 radical (unpaired) electrons. The summed E-state index contributed by atoms with van der Waals surface area (Å²) in [5.74, 6) is 1.75. The van der Waals surface area contributed by atoms with Crippen molar-refractivity contribution in [1.82, 2.24) is 4.90 Å². The number of amidine groups is 1. The molecular weight excluding hydrogens is 188 g/mol. The maximum absolute atomic E-state index is 7.88. The van der Waals surface area contributed by atoms with Gasteiger partial charge in [0.15, 0.2) is 0 Å². The van der Waals surface area contributed by atoms with Crippen LogP contribution in [0.5, 0.6) is 5.75 Å². The highest BCUT2D eigenvalue weighted by Crippen LogP contribution is 2.37. The smallest absolute Gasteiger partial charge is 0.124 e. The van der Waals surface area contributed by atoms with Gasteiger partial charge in [0.25, 0.3) is 0 Å². The van der Waals surface area contributed by atoms with Crippen LogP contribution < -0.4 is 4.74 Å². The molecule has 0 saturated carbocycles. The molecule has 3 nitrogen and oxygen atoms in total. The van der Waals surface area contributed by atoms with Crippen molar-refractivity contribution in [2.24, 2.45) is 0 Å². The number of likely N-dealkylation sites (tertiary alicyclic amines) is 1. The van der Waals surface area contributed by atoms with Crippen LogP contribution in [-0.4, -0.2) is 23.9 Å². The Bertz CT molecular complexity index is 402. The number of hydrogen-bond acceptors (Lipinski definition) is 2. The SMILES string of the molecule is N=C1CCCN1C1COc2ccccc21. The molecule has 2 aliphatic heterocycles. The van der Waals surface area contributed by atoms with Gasteiger partial charge in [-0.25, -0.2) is 0 Å². The van der Waals surface area contributed by atoms with Crippen molar-refractivity contribution in [2.75, 3.05) is 13.2 Å². The Hall–Kier alpha value is -1.51. The summed E-state index contributed by atoms with van der Waals surface area (Å²) in [6, 6.07) is 8.43. The third-order valence-corrected chi connectivity index (χ3v) is 3.21. The van der Waals surface area contributed by atoms with Gasteiger partial charge in [-0.3, -0.25) is 5.41 Å². The predicted octanol–water partition coefficient (Wildman–Crippen LogP) is 2.19. The second-order valence-electron chi connectivity index (χ2n) is 4.11. The summed E-state index contributed by atoms with van der Waals surface area (Å²) < 4.78 is 5.63. The molecule has 1 aromatic carbocycles. The molecule has 78 valence electrons. The van der Waals surface area contributed by atoms with E-state index in [2.05, 4.69) is 11.0 Å².